The summed E-state index contributed by atoms with van der Waals surface area (Å²) in [6.45, 7) is 0.185. The Hall–Kier alpha value is -5.13. The van der Waals surface area contributed by atoms with E-state index < -0.39 is 22.2 Å². The second-order valence-corrected chi connectivity index (χ2v) is 11.4. The van der Waals surface area contributed by atoms with Crippen LogP contribution in [0.25, 0.3) is 44.3 Å². The highest BCUT2D eigenvalue weighted by molar-refractivity contribution is 7.89. The zero-order valence-corrected chi connectivity index (χ0v) is 23.7. The topological polar surface area (TPSA) is 109 Å². The van der Waals surface area contributed by atoms with Crippen LogP contribution in [0.4, 0.5) is 13.2 Å². The lowest BCUT2D eigenvalue weighted by Crippen LogP contribution is -2.23. The monoisotopic (exact) mass is 615 g/mol. The number of hydrogen-bond donors (Lipinski definition) is 2. The van der Waals surface area contributed by atoms with Gasteiger partial charge in [-0.3, -0.25) is 0 Å². The Balaban J connectivity index is 0.000000493. The minimum Gasteiger partial charge on any atom is -0.475 e. The number of carbonyl (C=O) groups is 1. The summed E-state index contributed by atoms with van der Waals surface area (Å²) < 4.78 is 60.3. The van der Waals surface area contributed by atoms with Crippen LogP contribution >= 0.6 is 0 Å². The van der Waals surface area contributed by atoms with Gasteiger partial charge in [0.25, 0.3) is 0 Å². The third kappa shape index (κ3) is 7.08. The lowest BCUT2D eigenvalue weighted by atomic mass is 10.0. The van der Waals surface area contributed by atoms with Crippen LogP contribution in [0, 0.1) is 0 Å². The lowest BCUT2D eigenvalue weighted by molar-refractivity contribution is -0.192. The van der Waals surface area contributed by atoms with Crippen LogP contribution < -0.4 is 4.72 Å². The number of aromatic nitrogens is 2. The van der Waals surface area contributed by atoms with Crippen molar-refractivity contribution < 1.29 is 31.5 Å². The van der Waals surface area contributed by atoms with E-state index in [-0.39, 0.29) is 11.4 Å². The van der Waals surface area contributed by atoms with E-state index in [1.165, 1.54) is 0 Å². The fraction of sp³-hybridized carbons (Fsp3) is 0.0606. The number of para-hydroxylation sites is 2. The molecular formula is C33H24F3N3O4S. The number of fused-ring (bicyclic) bond motifs is 2. The van der Waals surface area contributed by atoms with Crippen molar-refractivity contribution in [1.82, 2.24) is 14.7 Å². The number of carboxylic acid groups (broad SMARTS) is 1. The molecule has 0 aliphatic rings. The molecule has 1 aromatic heterocycles. The summed E-state index contributed by atoms with van der Waals surface area (Å²) in [4.78, 5) is 19.0. The van der Waals surface area contributed by atoms with Gasteiger partial charge in [0.2, 0.25) is 10.0 Å². The highest BCUT2D eigenvalue weighted by Crippen LogP contribution is 2.31. The molecule has 0 unspecified atom stereocenters. The molecule has 7 nitrogen and oxygen atoms in total. The number of rotatable bonds is 6. The number of benzene rings is 5. The number of aliphatic carboxylic acids is 1. The number of sulfonamides is 1. The van der Waals surface area contributed by atoms with E-state index in [1.807, 2.05) is 109 Å². The van der Waals surface area contributed by atoms with Crippen molar-refractivity contribution >= 4 is 37.8 Å². The third-order valence-electron chi connectivity index (χ3n) is 6.59. The van der Waals surface area contributed by atoms with E-state index in [0.717, 1.165) is 49.9 Å². The summed E-state index contributed by atoms with van der Waals surface area (Å²) in [5.41, 5.74) is 6.01. The van der Waals surface area contributed by atoms with Gasteiger partial charge in [0.15, 0.2) is 0 Å². The summed E-state index contributed by atoms with van der Waals surface area (Å²) in [5, 5.41) is 9.02. The average Bonchev–Trinajstić information content (AvgIpc) is 3.03. The molecule has 44 heavy (non-hydrogen) atoms. The Morgan fingerprint density at radius 1 is 0.682 bits per heavy atom. The van der Waals surface area contributed by atoms with Crippen molar-refractivity contribution in [2.24, 2.45) is 0 Å². The Bertz CT molecular complexity index is 2050. The maximum absolute atomic E-state index is 12.9. The minimum absolute atomic E-state index is 0.185. The normalized spacial score (nSPS) is 11.6. The van der Waals surface area contributed by atoms with Gasteiger partial charge < -0.3 is 5.11 Å². The second kappa shape index (κ2) is 12.6. The SMILES string of the molecule is O=C(O)C(F)(F)F.O=S(=O)(NCc1ccc(-c2nc3ccccc3nc2-c2ccccc2)cc1)c1ccc2ccccc2c1. The molecule has 0 aliphatic heterocycles. The van der Waals surface area contributed by atoms with Gasteiger partial charge in [-0.15, -0.1) is 0 Å². The van der Waals surface area contributed by atoms with E-state index in [4.69, 9.17) is 19.9 Å². The van der Waals surface area contributed by atoms with Crippen molar-refractivity contribution in [3.63, 3.8) is 0 Å². The quantitative estimate of drug-likeness (QED) is 0.205. The molecule has 0 fully saturated rings. The highest BCUT2D eigenvalue weighted by atomic mass is 32.2. The largest absolute Gasteiger partial charge is 0.490 e. The number of nitrogens with zero attached hydrogens (tertiary/aromatic N) is 2. The molecule has 0 bridgehead atoms. The maximum Gasteiger partial charge on any atom is 0.490 e. The first-order chi connectivity index (χ1) is 21.0. The molecule has 0 saturated carbocycles. The van der Waals surface area contributed by atoms with E-state index in [0.29, 0.717) is 0 Å². The summed E-state index contributed by atoms with van der Waals surface area (Å²) >= 11 is 0. The Morgan fingerprint density at radius 2 is 1.18 bits per heavy atom. The van der Waals surface area contributed by atoms with E-state index >= 15 is 0 Å². The van der Waals surface area contributed by atoms with Crippen LogP contribution in [0.2, 0.25) is 0 Å². The standard InChI is InChI=1S/C31H23N3O2S.C2HF3O2/c35-37(36,27-19-18-23-8-4-5-11-26(23)20-27)32-21-22-14-16-25(17-15-22)31-30(24-9-2-1-3-10-24)33-28-12-6-7-13-29(28)34-31;3-2(4,5)1(6)7/h1-20,32H,21H2;(H,6,7). The van der Waals surface area contributed by atoms with E-state index in [1.54, 1.807) is 12.1 Å². The summed E-state index contributed by atoms with van der Waals surface area (Å²) in [5.74, 6) is -2.76. The zero-order chi connectivity index (χ0) is 31.3. The van der Waals surface area contributed by atoms with Gasteiger partial charge in [0.1, 0.15) is 0 Å². The summed E-state index contributed by atoms with van der Waals surface area (Å²) in [6.07, 6.45) is -5.08. The Morgan fingerprint density at radius 3 is 1.75 bits per heavy atom. The minimum atomic E-state index is -5.08. The average molecular weight is 616 g/mol. The van der Waals surface area contributed by atoms with Gasteiger partial charge in [-0.1, -0.05) is 97.1 Å². The van der Waals surface area contributed by atoms with Crippen LogP contribution in [-0.4, -0.2) is 35.6 Å². The molecule has 5 aromatic carbocycles. The summed E-state index contributed by atoms with van der Waals surface area (Å²) in [7, 11) is -3.65. The van der Waals surface area contributed by atoms with Crippen molar-refractivity contribution in [3.8, 4) is 22.5 Å². The van der Waals surface area contributed by atoms with Crippen molar-refractivity contribution in [3.05, 3.63) is 127 Å². The fourth-order valence-corrected chi connectivity index (χ4v) is 5.43. The molecular weight excluding hydrogens is 591 g/mol. The van der Waals surface area contributed by atoms with Gasteiger partial charge in [0.05, 0.1) is 27.3 Å². The first-order valence-corrected chi connectivity index (χ1v) is 14.7. The van der Waals surface area contributed by atoms with Crippen molar-refractivity contribution in [2.45, 2.75) is 17.6 Å². The van der Waals surface area contributed by atoms with Crippen LogP contribution in [0.3, 0.4) is 0 Å². The van der Waals surface area contributed by atoms with Crippen molar-refractivity contribution in [1.29, 1.82) is 0 Å². The predicted molar refractivity (Wildman–Crippen MR) is 162 cm³/mol. The van der Waals surface area contributed by atoms with Crippen molar-refractivity contribution in [2.75, 3.05) is 0 Å². The van der Waals surface area contributed by atoms with Gasteiger partial charge in [-0.25, -0.2) is 27.9 Å². The first-order valence-electron chi connectivity index (χ1n) is 13.2. The third-order valence-corrected chi connectivity index (χ3v) is 7.98. The zero-order valence-electron chi connectivity index (χ0n) is 22.9. The number of nitrogens with one attached hydrogen (secondary N) is 1. The van der Waals surface area contributed by atoms with Crippen LogP contribution in [-0.2, 0) is 21.4 Å². The number of alkyl halides is 3. The van der Waals surface area contributed by atoms with Gasteiger partial charge in [-0.2, -0.15) is 13.2 Å². The molecule has 1 heterocycles. The highest BCUT2D eigenvalue weighted by Gasteiger charge is 2.38. The number of halogens is 3. The Labute approximate surface area is 250 Å². The second-order valence-electron chi connectivity index (χ2n) is 9.61. The fourth-order valence-electron chi connectivity index (χ4n) is 4.38. The predicted octanol–water partition coefficient (Wildman–Crippen LogP) is 7.23. The number of hydrogen-bond acceptors (Lipinski definition) is 5. The van der Waals surface area contributed by atoms with E-state index in [9.17, 15) is 21.6 Å². The first kappa shape index (κ1) is 30.3. The Kier molecular flexibility index (Phi) is 8.70. The van der Waals surface area contributed by atoms with E-state index in [2.05, 4.69) is 4.72 Å². The molecule has 0 atom stereocenters. The molecule has 0 spiro atoms. The molecule has 0 aliphatic carbocycles. The van der Waals surface area contributed by atoms with Crippen LogP contribution in [0.1, 0.15) is 5.56 Å². The molecule has 0 amide bonds. The van der Waals surface area contributed by atoms with Gasteiger partial charge in [-0.05, 0) is 40.6 Å². The molecule has 222 valence electrons. The molecule has 6 rings (SSSR count). The van der Waals surface area contributed by atoms with Gasteiger partial charge >= 0.3 is 12.1 Å². The molecule has 2 N–H and O–H groups in total. The molecule has 11 heteroatoms. The molecule has 0 saturated heterocycles. The maximum atomic E-state index is 12.9. The number of carboxylic acids is 1. The van der Waals surface area contributed by atoms with Gasteiger partial charge in [0, 0.05) is 17.7 Å². The molecule has 0 radical (unpaired) electrons. The van der Waals surface area contributed by atoms with Crippen LogP contribution in [0.5, 0.6) is 0 Å². The molecule has 6 aromatic rings. The lowest BCUT2D eigenvalue weighted by Gasteiger charge is -2.12. The smallest absolute Gasteiger partial charge is 0.475 e. The van der Waals surface area contributed by atoms with Crippen LogP contribution in [0.15, 0.2) is 126 Å². The summed E-state index contributed by atoms with van der Waals surface area (Å²) in [6, 6.07) is 38.5.